The third kappa shape index (κ3) is 3.65. The number of aliphatic hydroxyl groups excluding tert-OH is 2. The molecule has 1 saturated heterocycles. The minimum Gasteiger partial charge on any atom is -0.496 e. The van der Waals surface area contributed by atoms with Crippen LogP contribution in [0.2, 0.25) is 5.02 Å². The van der Waals surface area contributed by atoms with Crippen molar-refractivity contribution >= 4 is 11.6 Å². The number of likely N-dealkylation sites (tertiary alicyclic amines) is 1. The molecule has 0 amide bonds. The van der Waals surface area contributed by atoms with Crippen molar-refractivity contribution in [2.75, 3.05) is 20.3 Å². The number of ether oxygens (including phenoxy) is 1. The highest BCUT2D eigenvalue weighted by atomic mass is 35.5. The predicted octanol–water partition coefficient (Wildman–Crippen LogP) is 2.81. The van der Waals surface area contributed by atoms with E-state index in [9.17, 15) is 14.6 Å². The Hall–Kier alpha value is -1.66. The molecule has 0 saturated carbocycles. The van der Waals surface area contributed by atoms with Crippen LogP contribution in [0.4, 0.5) is 4.39 Å². The predicted molar refractivity (Wildman–Crippen MR) is 94.4 cm³/mol. The zero-order chi connectivity index (χ0) is 18.0. The van der Waals surface area contributed by atoms with Crippen molar-refractivity contribution in [2.24, 2.45) is 0 Å². The van der Waals surface area contributed by atoms with E-state index in [2.05, 4.69) is 0 Å². The molecular weight excluding hydrogens is 345 g/mol. The lowest BCUT2D eigenvalue weighted by Crippen LogP contribution is -2.38. The molecule has 1 aliphatic rings. The Kier molecular flexibility index (Phi) is 5.59. The third-order valence-corrected chi connectivity index (χ3v) is 5.10. The monoisotopic (exact) mass is 365 g/mol. The topological polar surface area (TPSA) is 52.9 Å². The first-order valence-corrected chi connectivity index (χ1v) is 8.52. The molecular formula is C19H21ClFNO3. The molecule has 2 aromatic carbocycles. The number of hydrogen-bond donors (Lipinski definition) is 2. The molecule has 4 nitrogen and oxygen atoms in total. The summed E-state index contributed by atoms with van der Waals surface area (Å²) in [5.74, 6) is -0.0752. The number of aliphatic hydroxyl groups is 2. The zero-order valence-electron chi connectivity index (χ0n) is 13.9. The number of hydrogen-bond acceptors (Lipinski definition) is 4. The van der Waals surface area contributed by atoms with Crippen LogP contribution in [0.25, 0.3) is 0 Å². The highest BCUT2D eigenvalue weighted by Gasteiger charge is 2.41. The fourth-order valence-corrected chi connectivity index (χ4v) is 3.61. The van der Waals surface area contributed by atoms with Gasteiger partial charge in [0.15, 0.2) is 0 Å². The highest BCUT2D eigenvalue weighted by molar-refractivity contribution is 6.30. The van der Waals surface area contributed by atoms with Crippen LogP contribution < -0.4 is 4.74 Å². The fraction of sp³-hybridized carbons (Fsp3) is 0.368. The van der Waals surface area contributed by atoms with E-state index in [0.717, 1.165) is 5.56 Å². The van der Waals surface area contributed by atoms with Crippen LogP contribution in [0.15, 0.2) is 42.5 Å². The van der Waals surface area contributed by atoms with E-state index in [0.29, 0.717) is 22.9 Å². The Morgan fingerprint density at radius 3 is 2.60 bits per heavy atom. The van der Waals surface area contributed by atoms with Gasteiger partial charge in [-0.2, -0.15) is 0 Å². The number of benzene rings is 2. The Morgan fingerprint density at radius 1 is 1.24 bits per heavy atom. The van der Waals surface area contributed by atoms with Gasteiger partial charge in [0.05, 0.1) is 25.9 Å². The summed E-state index contributed by atoms with van der Waals surface area (Å²) < 4.78 is 19.5. The largest absolute Gasteiger partial charge is 0.496 e. The highest BCUT2D eigenvalue weighted by Crippen LogP contribution is 2.35. The van der Waals surface area contributed by atoms with Crippen LogP contribution in [-0.4, -0.2) is 47.5 Å². The summed E-state index contributed by atoms with van der Waals surface area (Å²) in [6.07, 6.45) is -0.746. The van der Waals surface area contributed by atoms with E-state index in [1.54, 1.807) is 24.3 Å². The van der Waals surface area contributed by atoms with Crippen molar-refractivity contribution in [2.45, 2.75) is 24.6 Å². The Morgan fingerprint density at radius 2 is 1.96 bits per heavy atom. The van der Waals surface area contributed by atoms with Crippen LogP contribution >= 0.6 is 11.6 Å². The second-order valence-corrected chi connectivity index (χ2v) is 6.69. The van der Waals surface area contributed by atoms with E-state index in [-0.39, 0.29) is 24.9 Å². The quantitative estimate of drug-likeness (QED) is 0.855. The van der Waals surface area contributed by atoms with Gasteiger partial charge in [0.1, 0.15) is 11.6 Å². The van der Waals surface area contributed by atoms with Gasteiger partial charge in [-0.25, -0.2) is 4.39 Å². The van der Waals surface area contributed by atoms with Crippen LogP contribution in [-0.2, 0) is 6.54 Å². The van der Waals surface area contributed by atoms with Gasteiger partial charge in [-0.3, -0.25) is 4.90 Å². The van der Waals surface area contributed by atoms with Gasteiger partial charge in [0, 0.05) is 29.6 Å². The molecule has 6 heteroatoms. The average molecular weight is 366 g/mol. The number of methoxy groups -OCH3 is 1. The van der Waals surface area contributed by atoms with E-state index in [1.807, 2.05) is 17.0 Å². The van der Waals surface area contributed by atoms with E-state index in [4.69, 9.17) is 16.3 Å². The second kappa shape index (κ2) is 7.70. The van der Waals surface area contributed by atoms with Gasteiger partial charge < -0.3 is 14.9 Å². The standard InChI is InChI=1S/C19H21ClFNO3/c1-25-18-4-2-3-16(21)15(18)10-22-9-14(19(24)17(22)11-23)12-5-7-13(20)8-6-12/h2-8,14,17,19,23-24H,9-11H2,1H3/t14-,17-,19-/m1/s1. The molecule has 2 aromatic rings. The summed E-state index contributed by atoms with van der Waals surface area (Å²) in [5.41, 5.74) is 1.37. The van der Waals surface area contributed by atoms with Gasteiger partial charge in [-0.15, -0.1) is 0 Å². The lowest BCUT2D eigenvalue weighted by Gasteiger charge is -2.25. The van der Waals surface area contributed by atoms with E-state index in [1.165, 1.54) is 13.2 Å². The van der Waals surface area contributed by atoms with Crippen molar-refractivity contribution < 1.29 is 19.3 Å². The Labute approximate surface area is 151 Å². The van der Waals surface area contributed by atoms with Crippen molar-refractivity contribution in [1.82, 2.24) is 4.90 Å². The molecule has 3 rings (SSSR count). The summed E-state index contributed by atoms with van der Waals surface area (Å²) in [6.45, 7) is 0.551. The first-order chi connectivity index (χ1) is 12.0. The summed E-state index contributed by atoms with van der Waals surface area (Å²) in [4.78, 5) is 1.89. The van der Waals surface area contributed by atoms with Gasteiger partial charge in [-0.05, 0) is 29.8 Å². The first-order valence-electron chi connectivity index (χ1n) is 8.15. The first kappa shape index (κ1) is 18.1. The lowest BCUT2D eigenvalue weighted by molar-refractivity contribution is 0.0633. The molecule has 2 N–H and O–H groups in total. The van der Waals surface area contributed by atoms with Gasteiger partial charge in [-0.1, -0.05) is 29.8 Å². The molecule has 3 atom stereocenters. The van der Waals surface area contributed by atoms with Crippen molar-refractivity contribution in [1.29, 1.82) is 0 Å². The Bertz CT molecular complexity index is 725. The maximum absolute atomic E-state index is 14.2. The third-order valence-electron chi connectivity index (χ3n) is 4.85. The molecule has 134 valence electrons. The zero-order valence-corrected chi connectivity index (χ0v) is 14.7. The lowest BCUT2D eigenvalue weighted by atomic mass is 9.94. The molecule has 0 aromatic heterocycles. The number of halogens is 2. The van der Waals surface area contributed by atoms with Gasteiger partial charge in [0.25, 0.3) is 0 Å². The van der Waals surface area contributed by atoms with Crippen LogP contribution in [0.3, 0.4) is 0 Å². The SMILES string of the molecule is COc1cccc(F)c1CN1C[C@H](c2ccc(Cl)cc2)[C@@H](O)[C@H]1CO. The molecule has 25 heavy (non-hydrogen) atoms. The van der Waals surface area contributed by atoms with Crippen LogP contribution in [0, 0.1) is 5.82 Å². The number of nitrogens with zero attached hydrogens (tertiary/aromatic N) is 1. The van der Waals surface area contributed by atoms with Crippen LogP contribution in [0.5, 0.6) is 5.75 Å². The molecule has 0 spiro atoms. The van der Waals surface area contributed by atoms with Gasteiger partial charge >= 0.3 is 0 Å². The molecule has 1 heterocycles. The summed E-state index contributed by atoms with van der Waals surface area (Å²) >= 11 is 5.93. The molecule has 0 bridgehead atoms. The van der Waals surface area contributed by atoms with E-state index >= 15 is 0 Å². The molecule has 1 aliphatic heterocycles. The summed E-state index contributed by atoms with van der Waals surface area (Å²) in [5, 5.41) is 21.0. The van der Waals surface area contributed by atoms with Crippen molar-refractivity contribution in [3.8, 4) is 5.75 Å². The second-order valence-electron chi connectivity index (χ2n) is 6.25. The van der Waals surface area contributed by atoms with Crippen LogP contribution in [0.1, 0.15) is 17.0 Å². The molecule has 0 unspecified atom stereocenters. The summed E-state index contributed by atoms with van der Waals surface area (Å²) in [7, 11) is 1.50. The molecule has 0 aliphatic carbocycles. The minimum atomic E-state index is -0.746. The maximum atomic E-state index is 14.2. The van der Waals surface area contributed by atoms with Crippen molar-refractivity contribution in [3.63, 3.8) is 0 Å². The van der Waals surface area contributed by atoms with Gasteiger partial charge in [0.2, 0.25) is 0 Å². The van der Waals surface area contributed by atoms with E-state index < -0.39 is 12.1 Å². The fourth-order valence-electron chi connectivity index (χ4n) is 3.48. The maximum Gasteiger partial charge on any atom is 0.131 e. The Balaban J connectivity index is 1.86. The van der Waals surface area contributed by atoms with Crippen molar-refractivity contribution in [3.05, 3.63) is 64.4 Å². The molecule has 0 radical (unpaired) electrons. The minimum absolute atomic E-state index is 0.174. The smallest absolute Gasteiger partial charge is 0.131 e. The summed E-state index contributed by atoms with van der Waals surface area (Å²) in [6, 6.07) is 11.5. The molecule has 1 fully saturated rings. The number of rotatable bonds is 5. The normalized spacial score (nSPS) is 23.8. The average Bonchev–Trinajstić information content (AvgIpc) is 2.93.